The number of benzene rings is 2. The van der Waals surface area contributed by atoms with Gasteiger partial charge in [-0.25, -0.2) is 0 Å². The van der Waals surface area contributed by atoms with Gasteiger partial charge in [-0.15, -0.1) is 0 Å². The van der Waals surface area contributed by atoms with E-state index in [0.717, 1.165) is 23.8 Å². The number of carbonyl (C=O) groups is 1. The number of rotatable bonds is 6. The van der Waals surface area contributed by atoms with Crippen molar-refractivity contribution in [2.45, 2.75) is 32.6 Å². The highest BCUT2D eigenvalue weighted by atomic mass is 16.1. The highest BCUT2D eigenvalue weighted by Crippen LogP contribution is 2.20. The van der Waals surface area contributed by atoms with E-state index >= 15 is 0 Å². The second-order valence-corrected chi connectivity index (χ2v) is 4.89. The summed E-state index contributed by atoms with van der Waals surface area (Å²) in [5, 5.41) is 0. The lowest BCUT2D eigenvalue weighted by molar-refractivity contribution is 0.112. The minimum Gasteiger partial charge on any atom is -0.298 e. The Balaban J connectivity index is 2.06. The smallest absolute Gasteiger partial charge is 0.150 e. The number of hydrogen-bond donors (Lipinski definition) is 0. The molecule has 0 heterocycles. The quantitative estimate of drug-likeness (QED) is 0.528. The van der Waals surface area contributed by atoms with Gasteiger partial charge in [-0.1, -0.05) is 68.3 Å². The van der Waals surface area contributed by atoms with E-state index in [9.17, 15) is 4.79 Å². The van der Waals surface area contributed by atoms with Gasteiger partial charge in [-0.3, -0.25) is 4.79 Å². The van der Waals surface area contributed by atoms with Gasteiger partial charge in [0.2, 0.25) is 0 Å². The summed E-state index contributed by atoms with van der Waals surface area (Å²) in [7, 11) is 0. The van der Waals surface area contributed by atoms with Crippen LogP contribution < -0.4 is 0 Å². The number of aryl methyl sites for hydroxylation is 1. The van der Waals surface area contributed by atoms with Crippen molar-refractivity contribution in [2.24, 2.45) is 0 Å². The molecule has 1 nitrogen and oxygen atoms in total. The number of carbonyl (C=O) groups excluding carboxylic acids is 1. The molecule has 0 unspecified atom stereocenters. The molecule has 0 fully saturated rings. The third kappa shape index (κ3) is 3.78. The normalized spacial score (nSPS) is 10.4. The molecule has 0 atom stereocenters. The van der Waals surface area contributed by atoms with E-state index in [2.05, 4.69) is 31.2 Å². The van der Waals surface area contributed by atoms with Crippen molar-refractivity contribution in [1.82, 2.24) is 0 Å². The molecule has 0 radical (unpaired) electrons. The van der Waals surface area contributed by atoms with E-state index in [1.54, 1.807) is 0 Å². The van der Waals surface area contributed by atoms with Crippen molar-refractivity contribution in [1.29, 1.82) is 0 Å². The summed E-state index contributed by atoms with van der Waals surface area (Å²) in [6.07, 6.45) is 5.87. The first kappa shape index (κ1) is 13.5. The lowest BCUT2D eigenvalue weighted by Crippen LogP contribution is -1.86. The fraction of sp³-hybridized carbons (Fsp3) is 0.278. The molecular formula is C18H20O. The van der Waals surface area contributed by atoms with Crippen molar-refractivity contribution in [2.75, 3.05) is 0 Å². The minimum absolute atomic E-state index is 0.722. The molecule has 0 saturated carbocycles. The van der Waals surface area contributed by atoms with Gasteiger partial charge in [0.25, 0.3) is 0 Å². The van der Waals surface area contributed by atoms with Gasteiger partial charge < -0.3 is 0 Å². The van der Waals surface area contributed by atoms with Crippen molar-refractivity contribution in [3.63, 3.8) is 0 Å². The first-order chi connectivity index (χ1) is 9.33. The fourth-order valence-corrected chi connectivity index (χ4v) is 2.20. The van der Waals surface area contributed by atoms with Gasteiger partial charge >= 0.3 is 0 Å². The highest BCUT2D eigenvalue weighted by Gasteiger charge is 1.99. The van der Waals surface area contributed by atoms with E-state index in [0.29, 0.717) is 0 Å². The molecule has 0 amide bonds. The molecule has 0 saturated heterocycles. The van der Waals surface area contributed by atoms with E-state index < -0.39 is 0 Å². The molecule has 19 heavy (non-hydrogen) atoms. The second kappa shape index (κ2) is 6.89. The topological polar surface area (TPSA) is 17.1 Å². The van der Waals surface area contributed by atoms with Crippen LogP contribution in [0.25, 0.3) is 11.1 Å². The van der Waals surface area contributed by atoms with E-state index in [1.165, 1.54) is 30.4 Å². The van der Waals surface area contributed by atoms with Crippen molar-refractivity contribution in [3.8, 4) is 11.1 Å². The SMILES string of the molecule is CCCCCc1ccc(-c2ccc(C=O)cc2)cc1. The van der Waals surface area contributed by atoms with Crippen LogP contribution in [0.1, 0.15) is 42.1 Å². The zero-order chi connectivity index (χ0) is 13.5. The van der Waals surface area contributed by atoms with Gasteiger partial charge in [0, 0.05) is 5.56 Å². The molecule has 2 aromatic carbocycles. The molecule has 0 aromatic heterocycles. The number of aldehydes is 1. The zero-order valence-corrected chi connectivity index (χ0v) is 11.4. The summed E-state index contributed by atoms with van der Waals surface area (Å²) in [4.78, 5) is 10.6. The summed E-state index contributed by atoms with van der Waals surface area (Å²) in [5.41, 5.74) is 4.49. The second-order valence-electron chi connectivity index (χ2n) is 4.89. The maximum Gasteiger partial charge on any atom is 0.150 e. The fourth-order valence-electron chi connectivity index (χ4n) is 2.20. The Labute approximate surface area is 115 Å². The molecule has 98 valence electrons. The zero-order valence-electron chi connectivity index (χ0n) is 11.4. The molecule has 0 aliphatic rings. The van der Waals surface area contributed by atoms with E-state index in [4.69, 9.17) is 0 Å². The minimum atomic E-state index is 0.722. The molecule has 2 rings (SSSR count). The van der Waals surface area contributed by atoms with Crippen LogP contribution in [0.2, 0.25) is 0 Å². The third-order valence-corrected chi connectivity index (χ3v) is 3.40. The van der Waals surface area contributed by atoms with Crippen LogP contribution in [0, 0.1) is 0 Å². The predicted octanol–water partition coefficient (Wildman–Crippen LogP) is 4.90. The average molecular weight is 252 g/mol. The first-order valence-corrected chi connectivity index (χ1v) is 6.98. The molecule has 0 spiro atoms. The molecule has 0 aliphatic heterocycles. The highest BCUT2D eigenvalue weighted by molar-refractivity contribution is 5.76. The van der Waals surface area contributed by atoms with Gasteiger partial charge in [0.1, 0.15) is 6.29 Å². The Morgan fingerprint density at radius 2 is 1.42 bits per heavy atom. The Bertz CT molecular complexity index is 508. The summed E-state index contributed by atoms with van der Waals surface area (Å²) < 4.78 is 0. The van der Waals surface area contributed by atoms with Crippen LogP contribution in [0.3, 0.4) is 0 Å². The molecular weight excluding hydrogens is 232 g/mol. The van der Waals surface area contributed by atoms with Crippen LogP contribution in [0.4, 0.5) is 0 Å². The van der Waals surface area contributed by atoms with Crippen LogP contribution >= 0.6 is 0 Å². The Morgan fingerprint density at radius 3 is 1.95 bits per heavy atom. The summed E-state index contributed by atoms with van der Waals surface area (Å²) in [6.45, 7) is 2.23. The van der Waals surface area contributed by atoms with Crippen LogP contribution in [0.15, 0.2) is 48.5 Å². The van der Waals surface area contributed by atoms with Gasteiger partial charge in [-0.05, 0) is 29.5 Å². The van der Waals surface area contributed by atoms with E-state index in [1.807, 2.05) is 24.3 Å². The third-order valence-electron chi connectivity index (χ3n) is 3.40. The molecule has 0 bridgehead atoms. The monoisotopic (exact) mass is 252 g/mol. The standard InChI is InChI=1S/C18H20O/c1-2-3-4-5-15-6-10-17(11-7-15)18-12-8-16(14-19)9-13-18/h6-14H,2-5H2,1H3. The Kier molecular flexibility index (Phi) is 4.91. The Morgan fingerprint density at radius 1 is 0.842 bits per heavy atom. The van der Waals surface area contributed by atoms with Crippen LogP contribution in [-0.4, -0.2) is 6.29 Å². The van der Waals surface area contributed by atoms with E-state index in [-0.39, 0.29) is 0 Å². The molecule has 0 N–H and O–H groups in total. The number of unbranched alkanes of at least 4 members (excludes halogenated alkanes) is 2. The Hall–Kier alpha value is -1.89. The van der Waals surface area contributed by atoms with Crippen LogP contribution in [0.5, 0.6) is 0 Å². The van der Waals surface area contributed by atoms with Gasteiger partial charge in [0.05, 0.1) is 0 Å². The predicted molar refractivity (Wildman–Crippen MR) is 80.5 cm³/mol. The van der Waals surface area contributed by atoms with Gasteiger partial charge in [-0.2, -0.15) is 0 Å². The van der Waals surface area contributed by atoms with Crippen molar-refractivity contribution < 1.29 is 4.79 Å². The van der Waals surface area contributed by atoms with Crippen molar-refractivity contribution >= 4 is 6.29 Å². The summed E-state index contributed by atoms with van der Waals surface area (Å²) in [5.74, 6) is 0. The average Bonchev–Trinajstić information content (AvgIpc) is 2.48. The lowest BCUT2D eigenvalue weighted by Gasteiger charge is -2.05. The van der Waals surface area contributed by atoms with Crippen molar-refractivity contribution in [3.05, 3.63) is 59.7 Å². The number of hydrogen-bond acceptors (Lipinski definition) is 1. The largest absolute Gasteiger partial charge is 0.298 e. The summed E-state index contributed by atoms with van der Waals surface area (Å²) in [6, 6.07) is 16.5. The van der Waals surface area contributed by atoms with Gasteiger partial charge in [0.15, 0.2) is 0 Å². The maximum atomic E-state index is 10.6. The maximum absolute atomic E-state index is 10.6. The summed E-state index contributed by atoms with van der Waals surface area (Å²) >= 11 is 0. The van der Waals surface area contributed by atoms with Crippen LogP contribution in [-0.2, 0) is 6.42 Å². The molecule has 0 aliphatic carbocycles. The molecule has 2 aromatic rings. The lowest BCUT2D eigenvalue weighted by atomic mass is 10.0. The first-order valence-electron chi connectivity index (χ1n) is 6.98. The molecule has 1 heteroatoms.